The predicted molar refractivity (Wildman–Crippen MR) is 90.8 cm³/mol. The fourth-order valence-corrected chi connectivity index (χ4v) is 2.82. The van der Waals surface area contributed by atoms with Crippen molar-refractivity contribution in [2.45, 2.75) is 26.5 Å². The first-order valence-corrected chi connectivity index (χ1v) is 8.47. The number of aromatic nitrogens is 3. The van der Waals surface area contributed by atoms with Gasteiger partial charge in [-0.1, -0.05) is 5.16 Å². The van der Waals surface area contributed by atoms with E-state index in [4.69, 9.17) is 14.5 Å². The zero-order valence-corrected chi connectivity index (χ0v) is 14.6. The molecule has 0 N–H and O–H groups in total. The molecule has 25 heavy (non-hydrogen) atoms. The van der Waals surface area contributed by atoms with E-state index in [2.05, 4.69) is 24.9 Å². The van der Waals surface area contributed by atoms with E-state index in [0.717, 1.165) is 31.9 Å². The number of nitrogens with zero attached hydrogens (tertiary/aromatic N) is 6. The molecule has 0 radical (unpaired) electrons. The second-order valence-electron chi connectivity index (χ2n) is 5.92. The smallest absolute Gasteiger partial charge is 0.240 e. The third-order valence-corrected chi connectivity index (χ3v) is 4.22. The molecule has 2 aromatic heterocycles. The summed E-state index contributed by atoms with van der Waals surface area (Å²) in [5.41, 5.74) is 1.49. The van der Waals surface area contributed by atoms with Crippen LogP contribution in [0.25, 0.3) is 0 Å². The van der Waals surface area contributed by atoms with E-state index in [9.17, 15) is 0 Å². The molecule has 0 spiro atoms. The molecule has 1 aliphatic rings. The molecule has 3 rings (SSSR count). The van der Waals surface area contributed by atoms with E-state index in [-0.39, 0.29) is 6.10 Å². The number of nitriles is 1. The first-order chi connectivity index (χ1) is 12.2. The number of ether oxygens (including phenoxy) is 1. The quantitative estimate of drug-likeness (QED) is 0.784. The number of hydrogen-bond acceptors (Lipinski definition) is 8. The fourth-order valence-electron chi connectivity index (χ4n) is 2.82. The van der Waals surface area contributed by atoms with Gasteiger partial charge >= 0.3 is 0 Å². The maximum Gasteiger partial charge on any atom is 0.240 e. The number of anilines is 1. The molecule has 1 fully saturated rings. The largest absolute Gasteiger partial charge is 0.371 e. The maximum atomic E-state index is 8.82. The summed E-state index contributed by atoms with van der Waals surface area (Å²) in [5.74, 6) is 1.22. The first-order valence-electron chi connectivity index (χ1n) is 8.47. The molecule has 1 aliphatic heterocycles. The molecule has 1 atom stereocenters. The molecule has 0 saturated carbocycles. The average Bonchev–Trinajstić information content (AvgIpc) is 3.11. The highest BCUT2D eigenvalue weighted by molar-refractivity contribution is 5.46. The van der Waals surface area contributed by atoms with E-state index < -0.39 is 0 Å². The minimum atomic E-state index is -0.150. The number of rotatable bonds is 6. The van der Waals surface area contributed by atoms with Crippen molar-refractivity contribution in [1.29, 1.82) is 5.26 Å². The van der Waals surface area contributed by atoms with Crippen LogP contribution in [0.15, 0.2) is 22.9 Å². The third-order valence-electron chi connectivity index (χ3n) is 4.22. The topological polar surface area (TPSA) is 91.3 Å². The van der Waals surface area contributed by atoms with Gasteiger partial charge in [-0.05, 0) is 26.0 Å². The number of pyridine rings is 1. The van der Waals surface area contributed by atoms with Crippen molar-refractivity contribution >= 4 is 5.69 Å². The van der Waals surface area contributed by atoms with Crippen molar-refractivity contribution in [3.05, 3.63) is 35.7 Å². The van der Waals surface area contributed by atoms with Crippen LogP contribution in [0.1, 0.15) is 37.4 Å². The lowest BCUT2D eigenvalue weighted by atomic mass is 10.2. The Bertz CT molecular complexity index is 715. The Morgan fingerprint density at radius 3 is 2.76 bits per heavy atom. The van der Waals surface area contributed by atoms with E-state index in [1.165, 1.54) is 0 Å². The maximum absolute atomic E-state index is 8.82. The van der Waals surface area contributed by atoms with Gasteiger partial charge < -0.3 is 14.2 Å². The molecule has 1 saturated heterocycles. The van der Waals surface area contributed by atoms with Gasteiger partial charge in [0.15, 0.2) is 5.82 Å². The molecule has 8 nitrogen and oxygen atoms in total. The van der Waals surface area contributed by atoms with Gasteiger partial charge in [-0.3, -0.25) is 4.90 Å². The normalized spacial score (nSPS) is 16.6. The Balaban J connectivity index is 1.51. The fraction of sp³-hybridized carbons (Fsp3) is 0.529. The molecule has 0 unspecified atom stereocenters. The molecule has 132 valence electrons. The van der Waals surface area contributed by atoms with Crippen LogP contribution < -0.4 is 4.90 Å². The van der Waals surface area contributed by atoms with Crippen LogP contribution in [0.3, 0.4) is 0 Å². The summed E-state index contributed by atoms with van der Waals surface area (Å²) in [6, 6.07) is 5.74. The lowest BCUT2D eigenvalue weighted by molar-refractivity contribution is 0.0683. The highest BCUT2D eigenvalue weighted by Gasteiger charge is 2.21. The highest BCUT2D eigenvalue weighted by Crippen LogP contribution is 2.17. The molecule has 3 heterocycles. The van der Waals surface area contributed by atoms with Crippen LogP contribution in [0, 0.1) is 11.3 Å². The monoisotopic (exact) mass is 342 g/mol. The van der Waals surface area contributed by atoms with Gasteiger partial charge in [0, 0.05) is 32.8 Å². The van der Waals surface area contributed by atoms with Gasteiger partial charge in [0.1, 0.15) is 17.9 Å². The second kappa shape index (κ2) is 8.05. The van der Waals surface area contributed by atoms with E-state index >= 15 is 0 Å². The summed E-state index contributed by atoms with van der Waals surface area (Å²) >= 11 is 0. The lowest BCUT2D eigenvalue weighted by Gasteiger charge is -2.35. The minimum Gasteiger partial charge on any atom is -0.371 e. The van der Waals surface area contributed by atoms with Gasteiger partial charge in [-0.2, -0.15) is 10.2 Å². The summed E-state index contributed by atoms with van der Waals surface area (Å²) in [7, 11) is 0. The van der Waals surface area contributed by atoms with Crippen LogP contribution in [-0.2, 0) is 11.3 Å². The van der Waals surface area contributed by atoms with E-state index in [1.54, 1.807) is 12.3 Å². The van der Waals surface area contributed by atoms with Crippen molar-refractivity contribution in [2.75, 3.05) is 37.7 Å². The Morgan fingerprint density at radius 1 is 1.32 bits per heavy atom. The summed E-state index contributed by atoms with van der Waals surface area (Å²) in [6.45, 7) is 8.72. The summed E-state index contributed by atoms with van der Waals surface area (Å²) in [4.78, 5) is 13.1. The number of piperazine rings is 1. The highest BCUT2D eigenvalue weighted by atomic mass is 16.5. The van der Waals surface area contributed by atoms with E-state index in [0.29, 0.717) is 30.6 Å². The van der Waals surface area contributed by atoms with Gasteiger partial charge in [0.05, 0.1) is 18.4 Å². The zero-order chi connectivity index (χ0) is 17.6. The van der Waals surface area contributed by atoms with Crippen LogP contribution in [0.5, 0.6) is 0 Å². The predicted octanol–water partition coefficient (Wildman–Crippen LogP) is 1.76. The molecule has 0 bridgehead atoms. The first kappa shape index (κ1) is 17.3. The Morgan fingerprint density at radius 2 is 2.12 bits per heavy atom. The van der Waals surface area contributed by atoms with Gasteiger partial charge in [0.25, 0.3) is 0 Å². The van der Waals surface area contributed by atoms with Crippen LogP contribution in [0.4, 0.5) is 5.69 Å². The van der Waals surface area contributed by atoms with Crippen molar-refractivity contribution in [3.63, 3.8) is 0 Å². The van der Waals surface area contributed by atoms with Crippen molar-refractivity contribution in [1.82, 2.24) is 20.0 Å². The molecule has 8 heteroatoms. The molecule has 0 amide bonds. The molecule has 0 aliphatic carbocycles. The zero-order valence-electron chi connectivity index (χ0n) is 14.6. The van der Waals surface area contributed by atoms with Crippen LogP contribution in [0.2, 0.25) is 0 Å². The van der Waals surface area contributed by atoms with Crippen molar-refractivity contribution < 1.29 is 9.26 Å². The molecule has 2 aromatic rings. The summed E-state index contributed by atoms with van der Waals surface area (Å²) in [6.07, 6.45) is 1.61. The van der Waals surface area contributed by atoms with Crippen LogP contribution in [-0.4, -0.2) is 52.8 Å². The second-order valence-corrected chi connectivity index (χ2v) is 5.92. The summed E-state index contributed by atoms with van der Waals surface area (Å²) < 4.78 is 10.8. The Kier molecular flexibility index (Phi) is 5.58. The van der Waals surface area contributed by atoms with Gasteiger partial charge in [0.2, 0.25) is 5.89 Å². The van der Waals surface area contributed by atoms with Gasteiger partial charge in [-0.25, -0.2) is 4.98 Å². The Labute approximate surface area is 147 Å². The molecular formula is C17H22N6O2. The SMILES string of the molecule is CCO[C@@H](C)c1noc(CN2CCN(c3ccc(C#N)nc3)CC2)n1. The van der Waals surface area contributed by atoms with E-state index in [1.807, 2.05) is 26.0 Å². The standard InChI is InChI=1S/C17H22N6O2/c1-3-24-13(2)17-20-16(25-21-17)12-22-6-8-23(9-7-22)15-5-4-14(10-18)19-11-15/h4-5,11,13H,3,6-9,12H2,1-2H3/t13-/m0/s1. The lowest BCUT2D eigenvalue weighted by Crippen LogP contribution is -2.46. The molecule has 0 aromatic carbocycles. The third kappa shape index (κ3) is 4.32. The Hall–Kier alpha value is -2.50. The van der Waals surface area contributed by atoms with Crippen molar-refractivity contribution in [2.24, 2.45) is 0 Å². The molecular weight excluding hydrogens is 320 g/mol. The van der Waals surface area contributed by atoms with Gasteiger partial charge in [-0.15, -0.1) is 0 Å². The minimum absolute atomic E-state index is 0.150. The number of hydrogen-bond donors (Lipinski definition) is 0. The summed E-state index contributed by atoms with van der Waals surface area (Å²) in [5, 5.41) is 12.8. The van der Waals surface area contributed by atoms with Crippen LogP contribution >= 0.6 is 0 Å². The van der Waals surface area contributed by atoms with Crippen molar-refractivity contribution in [3.8, 4) is 6.07 Å². The average molecular weight is 342 g/mol.